The van der Waals surface area contributed by atoms with Crippen LogP contribution in [-0.2, 0) is 16.6 Å². The van der Waals surface area contributed by atoms with E-state index in [4.69, 9.17) is 0 Å². The molecule has 1 aromatic heterocycles. The molecule has 0 unspecified atom stereocenters. The van der Waals surface area contributed by atoms with Gasteiger partial charge in [-0.3, -0.25) is 10.1 Å². The van der Waals surface area contributed by atoms with Crippen LogP contribution in [0.1, 0.15) is 12.8 Å². The van der Waals surface area contributed by atoms with Crippen molar-refractivity contribution in [1.82, 2.24) is 13.9 Å². The van der Waals surface area contributed by atoms with Gasteiger partial charge in [-0.1, -0.05) is 6.07 Å². The Morgan fingerprint density at radius 2 is 2.04 bits per heavy atom. The predicted molar refractivity (Wildman–Crippen MR) is 86.8 cm³/mol. The minimum Gasteiger partial charge on any atom is -0.337 e. The van der Waals surface area contributed by atoms with Gasteiger partial charge < -0.3 is 4.57 Å². The fourth-order valence-corrected chi connectivity index (χ4v) is 4.44. The lowest BCUT2D eigenvalue weighted by atomic mass is 9.98. The second-order valence-electron chi connectivity index (χ2n) is 5.86. The van der Waals surface area contributed by atoms with Crippen LogP contribution in [-0.4, -0.2) is 40.3 Å². The van der Waals surface area contributed by atoms with E-state index in [1.807, 2.05) is 10.8 Å². The summed E-state index contributed by atoms with van der Waals surface area (Å²) in [5.74, 6) is 0.399. The second kappa shape index (κ2) is 6.70. The summed E-state index contributed by atoms with van der Waals surface area (Å²) in [6, 6.07) is 5.21. The summed E-state index contributed by atoms with van der Waals surface area (Å²) in [6.07, 6.45) is 6.89. The number of rotatable bonds is 5. The summed E-state index contributed by atoms with van der Waals surface area (Å²) in [6.45, 7) is 1.67. The average molecular weight is 350 g/mol. The molecular weight excluding hydrogens is 332 g/mol. The fraction of sp³-hybridized carbons (Fsp3) is 0.400. The lowest BCUT2D eigenvalue weighted by Crippen LogP contribution is -2.39. The topological polar surface area (TPSA) is 98.3 Å². The normalized spacial score (nSPS) is 17.0. The average Bonchev–Trinajstić information content (AvgIpc) is 3.08. The summed E-state index contributed by atoms with van der Waals surface area (Å²) in [5.41, 5.74) is -0.217. The Morgan fingerprint density at radius 1 is 1.29 bits per heavy atom. The summed E-state index contributed by atoms with van der Waals surface area (Å²) in [5, 5.41) is 10.8. The molecule has 0 N–H and O–H groups in total. The first-order chi connectivity index (χ1) is 11.5. The number of nitro groups is 1. The molecule has 1 saturated heterocycles. The van der Waals surface area contributed by atoms with Gasteiger partial charge in [-0.05, 0) is 24.8 Å². The van der Waals surface area contributed by atoms with Gasteiger partial charge in [0.25, 0.3) is 5.69 Å². The molecule has 0 aliphatic carbocycles. The van der Waals surface area contributed by atoms with E-state index in [9.17, 15) is 18.5 Å². The summed E-state index contributed by atoms with van der Waals surface area (Å²) < 4.78 is 28.8. The molecule has 24 heavy (non-hydrogen) atoms. The SMILES string of the molecule is O=[N+]([O-])c1cccc(S(=O)(=O)N2CCC(Cn3ccnc3)CC2)c1. The predicted octanol–water partition coefficient (Wildman–Crippen LogP) is 1.89. The minimum absolute atomic E-state index is 0.0234. The number of hydrogen-bond donors (Lipinski definition) is 0. The van der Waals surface area contributed by atoms with Crippen molar-refractivity contribution in [1.29, 1.82) is 0 Å². The molecule has 1 aliphatic heterocycles. The van der Waals surface area contributed by atoms with E-state index >= 15 is 0 Å². The van der Waals surface area contributed by atoms with E-state index in [1.165, 1.54) is 22.5 Å². The first-order valence-electron chi connectivity index (χ1n) is 7.67. The summed E-state index contributed by atoms with van der Waals surface area (Å²) in [4.78, 5) is 14.2. The van der Waals surface area contributed by atoms with Gasteiger partial charge in [0.2, 0.25) is 10.0 Å². The third-order valence-corrected chi connectivity index (χ3v) is 6.16. The van der Waals surface area contributed by atoms with E-state index in [0.29, 0.717) is 19.0 Å². The second-order valence-corrected chi connectivity index (χ2v) is 7.80. The Bertz CT molecular complexity index is 812. The highest BCUT2D eigenvalue weighted by Crippen LogP contribution is 2.26. The molecule has 1 fully saturated rings. The number of aromatic nitrogens is 2. The van der Waals surface area contributed by atoms with Crippen LogP contribution >= 0.6 is 0 Å². The molecule has 2 aromatic rings. The van der Waals surface area contributed by atoms with Gasteiger partial charge in [0.1, 0.15) is 0 Å². The summed E-state index contributed by atoms with van der Waals surface area (Å²) >= 11 is 0. The number of non-ortho nitro benzene ring substituents is 1. The van der Waals surface area contributed by atoms with Crippen molar-refractivity contribution in [3.63, 3.8) is 0 Å². The molecule has 2 heterocycles. The monoisotopic (exact) mass is 350 g/mol. The third-order valence-electron chi connectivity index (χ3n) is 4.27. The molecule has 0 saturated carbocycles. The maximum Gasteiger partial charge on any atom is 0.270 e. The molecule has 0 amide bonds. The Morgan fingerprint density at radius 3 is 2.67 bits per heavy atom. The number of hydrogen-bond acceptors (Lipinski definition) is 5. The molecule has 1 aliphatic rings. The van der Waals surface area contributed by atoms with Crippen LogP contribution in [0, 0.1) is 16.0 Å². The minimum atomic E-state index is -3.69. The van der Waals surface area contributed by atoms with Gasteiger partial charge in [-0.25, -0.2) is 13.4 Å². The standard InChI is InChI=1S/C15H18N4O4S/c20-19(21)14-2-1-3-15(10-14)24(22,23)18-7-4-13(5-8-18)11-17-9-6-16-12-17/h1-3,6,9-10,12-13H,4-5,7-8,11H2. The Hall–Kier alpha value is -2.26. The van der Waals surface area contributed by atoms with Crippen molar-refractivity contribution in [2.24, 2.45) is 5.92 Å². The highest BCUT2D eigenvalue weighted by atomic mass is 32.2. The highest BCUT2D eigenvalue weighted by molar-refractivity contribution is 7.89. The number of benzene rings is 1. The Balaban J connectivity index is 1.68. The van der Waals surface area contributed by atoms with E-state index in [-0.39, 0.29) is 10.6 Å². The fourth-order valence-electron chi connectivity index (χ4n) is 2.93. The smallest absolute Gasteiger partial charge is 0.270 e. The van der Waals surface area contributed by atoms with Crippen LogP contribution < -0.4 is 0 Å². The number of sulfonamides is 1. The van der Waals surface area contributed by atoms with Crippen molar-refractivity contribution in [3.05, 3.63) is 53.1 Å². The highest BCUT2D eigenvalue weighted by Gasteiger charge is 2.30. The lowest BCUT2D eigenvalue weighted by Gasteiger charge is -2.31. The molecule has 0 bridgehead atoms. The molecule has 128 valence electrons. The molecule has 0 spiro atoms. The van der Waals surface area contributed by atoms with Gasteiger partial charge in [-0.15, -0.1) is 0 Å². The van der Waals surface area contributed by atoms with Crippen molar-refractivity contribution in [3.8, 4) is 0 Å². The van der Waals surface area contributed by atoms with Crippen LogP contribution in [0.15, 0.2) is 47.9 Å². The first-order valence-corrected chi connectivity index (χ1v) is 9.11. The van der Waals surface area contributed by atoms with Crippen molar-refractivity contribution >= 4 is 15.7 Å². The molecule has 0 radical (unpaired) electrons. The maximum atomic E-state index is 12.7. The maximum absolute atomic E-state index is 12.7. The van der Waals surface area contributed by atoms with Gasteiger partial charge >= 0.3 is 0 Å². The van der Waals surface area contributed by atoms with Crippen LogP contribution in [0.4, 0.5) is 5.69 Å². The molecular formula is C15H18N4O4S. The number of imidazole rings is 1. The summed E-state index contributed by atoms with van der Waals surface area (Å²) in [7, 11) is -3.69. The molecule has 1 aromatic carbocycles. The number of nitro benzene ring substituents is 1. The van der Waals surface area contributed by atoms with E-state index in [1.54, 1.807) is 12.5 Å². The van der Waals surface area contributed by atoms with Crippen LogP contribution in [0.3, 0.4) is 0 Å². The molecule has 3 rings (SSSR count). The quantitative estimate of drug-likeness (QED) is 0.606. The largest absolute Gasteiger partial charge is 0.337 e. The van der Waals surface area contributed by atoms with Crippen molar-refractivity contribution in [2.75, 3.05) is 13.1 Å². The van der Waals surface area contributed by atoms with Gasteiger partial charge in [0.05, 0.1) is 16.1 Å². The van der Waals surface area contributed by atoms with E-state index in [0.717, 1.165) is 25.5 Å². The van der Waals surface area contributed by atoms with Crippen LogP contribution in [0.5, 0.6) is 0 Å². The van der Waals surface area contributed by atoms with Gasteiger partial charge in [0.15, 0.2) is 0 Å². The third kappa shape index (κ3) is 3.46. The zero-order valence-corrected chi connectivity index (χ0v) is 13.8. The Kier molecular flexibility index (Phi) is 4.63. The van der Waals surface area contributed by atoms with Crippen LogP contribution in [0.2, 0.25) is 0 Å². The Labute approximate surface area is 139 Å². The lowest BCUT2D eigenvalue weighted by molar-refractivity contribution is -0.385. The first kappa shape index (κ1) is 16.6. The van der Waals surface area contributed by atoms with Gasteiger partial charge in [-0.2, -0.15) is 4.31 Å². The van der Waals surface area contributed by atoms with Crippen LogP contribution in [0.25, 0.3) is 0 Å². The number of piperidine rings is 1. The number of nitrogens with zero attached hydrogens (tertiary/aromatic N) is 4. The molecule has 8 nitrogen and oxygen atoms in total. The van der Waals surface area contributed by atoms with E-state index in [2.05, 4.69) is 4.98 Å². The molecule has 9 heteroatoms. The zero-order valence-electron chi connectivity index (χ0n) is 13.0. The zero-order chi connectivity index (χ0) is 17.2. The van der Waals surface area contributed by atoms with E-state index < -0.39 is 14.9 Å². The van der Waals surface area contributed by atoms with Crippen molar-refractivity contribution in [2.45, 2.75) is 24.3 Å². The van der Waals surface area contributed by atoms with Gasteiger partial charge in [0, 0.05) is 44.2 Å². The molecule has 0 atom stereocenters. The van der Waals surface area contributed by atoms with Crippen molar-refractivity contribution < 1.29 is 13.3 Å².